The van der Waals surface area contributed by atoms with Crippen LogP contribution in [0.5, 0.6) is 0 Å². The van der Waals surface area contributed by atoms with Gasteiger partial charge < -0.3 is 10.6 Å². The molecule has 3 rings (SSSR count). The molecule has 6 nitrogen and oxygen atoms in total. The summed E-state index contributed by atoms with van der Waals surface area (Å²) in [5.74, 6) is -0.314. The molecule has 2 atom stereocenters. The summed E-state index contributed by atoms with van der Waals surface area (Å²) in [6.07, 6.45) is 1.69. The highest BCUT2D eigenvalue weighted by molar-refractivity contribution is 7.89. The third kappa shape index (κ3) is 5.28. The van der Waals surface area contributed by atoms with Crippen molar-refractivity contribution in [1.29, 1.82) is 0 Å². The van der Waals surface area contributed by atoms with Gasteiger partial charge in [-0.15, -0.1) is 35.1 Å². The van der Waals surface area contributed by atoms with Gasteiger partial charge in [-0.3, -0.25) is 4.79 Å². The fraction of sp³-hybridized carbons (Fsp3) is 0.438. The second kappa shape index (κ2) is 9.29. The number of nitrogens with one attached hydrogen (secondary N) is 3. The van der Waals surface area contributed by atoms with Crippen molar-refractivity contribution >= 4 is 51.0 Å². The van der Waals surface area contributed by atoms with Crippen LogP contribution in [0.3, 0.4) is 0 Å². The molecule has 1 aliphatic heterocycles. The molecule has 0 spiro atoms. The van der Waals surface area contributed by atoms with Crippen molar-refractivity contribution in [2.24, 2.45) is 0 Å². The van der Waals surface area contributed by atoms with Crippen LogP contribution in [0.4, 0.5) is 0 Å². The first kappa shape index (κ1) is 21.3. The number of rotatable bonds is 6. The smallest absolute Gasteiger partial charge is 0.262 e. The van der Waals surface area contributed by atoms with Gasteiger partial charge in [0.2, 0.25) is 10.0 Å². The summed E-state index contributed by atoms with van der Waals surface area (Å²) in [6.45, 7) is 3.15. The zero-order valence-electron chi connectivity index (χ0n) is 14.2. The number of piperidine rings is 1. The van der Waals surface area contributed by atoms with Gasteiger partial charge in [0.05, 0.1) is 0 Å². The first-order valence-electron chi connectivity index (χ1n) is 8.09. The molecule has 1 aliphatic rings. The second-order valence-electron chi connectivity index (χ2n) is 6.07. The summed E-state index contributed by atoms with van der Waals surface area (Å²) >= 11 is 2.64. The number of thiophene rings is 2. The summed E-state index contributed by atoms with van der Waals surface area (Å²) in [7, 11) is -3.73. The largest absolute Gasteiger partial charge is 0.348 e. The van der Waals surface area contributed by atoms with Crippen molar-refractivity contribution in [1.82, 2.24) is 15.4 Å². The Bertz CT molecular complexity index is 821. The summed E-state index contributed by atoms with van der Waals surface area (Å²) < 4.78 is 27.7. The Hall–Kier alpha value is -0.970. The predicted octanol–water partition coefficient (Wildman–Crippen LogP) is 2.58. The SMILES string of the molecule is CC1CC(NC(=O)c2sccc2S(=O)(=O)NCc2cccs2)CCN1.Cl. The lowest BCUT2D eigenvalue weighted by Gasteiger charge is -2.28. The van der Waals surface area contributed by atoms with Crippen LogP contribution < -0.4 is 15.4 Å². The fourth-order valence-electron chi connectivity index (χ4n) is 2.85. The standard InChI is InChI=1S/C16H21N3O3S3.ClH/c1-11-9-12(4-6-17-11)19-16(20)15-14(5-8-24-15)25(21,22)18-10-13-3-2-7-23-13;/h2-3,5,7-8,11-12,17-18H,4,6,9-10H2,1H3,(H,19,20);1H. The molecule has 2 aromatic heterocycles. The highest BCUT2D eigenvalue weighted by atomic mass is 35.5. The van der Waals surface area contributed by atoms with Crippen molar-refractivity contribution in [3.05, 3.63) is 38.7 Å². The summed E-state index contributed by atoms with van der Waals surface area (Å²) in [6, 6.07) is 5.64. The van der Waals surface area contributed by atoms with Gasteiger partial charge in [0, 0.05) is 23.5 Å². The second-order valence-corrected chi connectivity index (χ2v) is 9.75. The van der Waals surface area contributed by atoms with E-state index in [1.165, 1.54) is 17.4 Å². The highest BCUT2D eigenvalue weighted by Crippen LogP contribution is 2.23. The quantitative estimate of drug-likeness (QED) is 0.650. The molecule has 2 unspecified atom stereocenters. The molecule has 2 aromatic rings. The molecule has 10 heteroatoms. The van der Waals surface area contributed by atoms with Gasteiger partial charge >= 0.3 is 0 Å². The van der Waals surface area contributed by atoms with Crippen molar-refractivity contribution in [3.8, 4) is 0 Å². The van der Waals surface area contributed by atoms with Gasteiger partial charge in [-0.25, -0.2) is 13.1 Å². The number of amides is 1. The Kier molecular flexibility index (Phi) is 7.63. The molecule has 1 saturated heterocycles. The molecule has 144 valence electrons. The molecule has 0 radical (unpaired) electrons. The number of sulfonamides is 1. The van der Waals surface area contributed by atoms with E-state index in [1.807, 2.05) is 17.5 Å². The minimum atomic E-state index is -3.73. The van der Waals surface area contributed by atoms with E-state index in [4.69, 9.17) is 0 Å². The van der Waals surface area contributed by atoms with E-state index in [9.17, 15) is 13.2 Å². The van der Waals surface area contributed by atoms with Crippen molar-refractivity contribution in [2.45, 2.75) is 43.3 Å². The number of hydrogen-bond donors (Lipinski definition) is 3. The van der Waals surface area contributed by atoms with Crippen LogP contribution in [0.15, 0.2) is 33.9 Å². The van der Waals surface area contributed by atoms with Crippen molar-refractivity contribution in [3.63, 3.8) is 0 Å². The highest BCUT2D eigenvalue weighted by Gasteiger charge is 2.26. The summed E-state index contributed by atoms with van der Waals surface area (Å²) in [4.78, 5) is 13.8. The lowest BCUT2D eigenvalue weighted by atomic mass is 10.0. The Balaban J connectivity index is 0.00000243. The third-order valence-corrected chi connectivity index (χ3v) is 7.46. The molecule has 1 fully saturated rings. The summed E-state index contributed by atoms with van der Waals surface area (Å²) in [5, 5.41) is 9.84. The molecule has 0 aromatic carbocycles. The van der Waals surface area contributed by atoms with Crippen LogP contribution in [-0.4, -0.2) is 33.0 Å². The van der Waals surface area contributed by atoms with Gasteiger partial charge in [0.25, 0.3) is 5.91 Å². The molecule has 0 aliphatic carbocycles. The zero-order chi connectivity index (χ0) is 17.9. The van der Waals surface area contributed by atoms with Gasteiger partial charge in [-0.2, -0.15) is 0 Å². The third-order valence-electron chi connectivity index (χ3n) is 4.10. The van der Waals surface area contributed by atoms with E-state index in [2.05, 4.69) is 22.3 Å². The average Bonchev–Trinajstić information content (AvgIpc) is 3.25. The lowest BCUT2D eigenvalue weighted by Crippen LogP contribution is -2.46. The number of carbonyl (C=O) groups is 1. The van der Waals surface area contributed by atoms with E-state index in [-0.39, 0.29) is 40.7 Å². The maximum atomic E-state index is 12.6. The number of hydrogen-bond acceptors (Lipinski definition) is 6. The normalized spacial score (nSPS) is 20.3. The van der Waals surface area contributed by atoms with E-state index in [0.717, 1.165) is 35.6 Å². The van der Waals surface area contributed by atoms with E-state index in [0.29, 0.717) is 6.04 Å². The van der Waals surface area contributed by atoms with Crippen LogP contribution in [0.25, 0.3) is 0 Å². The van der Waals surface area contributed by atoms with Crippen LogP contribution in [0.1, 0.15) is 34.3 Å². The molecule has 3 N–H and O–H groups in total. The Morgan fingerprint density at radius 1 is 1.31 bits per heavy atom. The van der Waals surface area contributed by atoms with Gasteiger partial charge in [-0.05, 0) is 49.2 Å². The minimum Gasteiger partial charge on any atom is -0.348 e. The summed E-state index contributed by atoms with van der Waals surface area (Å²) in [5.41, 5.74) is 0. The van der Waals surface area contributed by atoms with Crippen LogP contribution in [-0.2, 0) is 16.6 Å². The molecular formula is C16H22ClN3O3S3. The molecule has 1 amide bonds. The van der Waals surface area contributed by atoms with Gasteiger partial charge in [-0.1, -0.05) is 6.07 Å². The zero-order valence-corrected chi connectivity index (χ0v) is 17.5. The molecule has 0 saturated carbocycles. The molecule has 0 bridgehead atoms. The Labute approximate surface area is 167 Å². The number of halogens is 1. The van der Waals surface area contributed by atoms with Crippen molar-refractivity contribution < 1.29 is 13.2 Å². The fourth-order valence-corrected chi connectivity index (χ4v) is 5.92. The van der Waals surface area contributed by atoms with Gasteiger partial charge in [0.1, 0.15) is 9.77 Å². The maximum absolute atomic E-state index is 12.6. The van der Waals surface area contributed by atoms with Crippen LogP contribution >= 0.6 is 35.1 Å². The lowest BCUT2D eigenvalue weighted by molar-refractivity contribution is 0.0927. The molecular weight excluding hydrogens is 414 g/mol. The van der Waals surface area contributed by atoms with E-state index >= 15 is 0 Å². The first-order valence-corrected chi connectivity index (χ1v) is 11.3. The average molecular weight is 436 g/mol. The Morgan fingerprint density at radius 3 is 2.81 bits per heavy atom. The van der Waals surface area contributed by atoms with Crippen LogP contribution in [0, 0.1) is 0 Å². The monoisotopic (exact) mass is 435 g/mol. The molecule has 3 heterocycles. The first-order chi connectivity index (χ1) is 12.0. The van der Waals surface area contributed by atoms with Crippen molar-refractivity contribution in [2.75, 3.05) is 6.54 Å². The Morgan fingerprint density at radius 2 is 2.12 bits per heavy atom. The van der Waals surface area contributed by atoms with E-state index in [1.54, 1.807) is 5.38 Å². The van der Waals surface area contributed by atoms with Crippen LogP contribution in [0.2, 0.25) is 0 Å². The minimum absolute atomic E-state index is 0. The van der Waals surface area contributed by atoms with Gasteiger partial charge in [0.15, 0.2) is 0 Å². The maximum Gasteiger partial charge on any atom is 0.262 e. The predicted molar refractivity (Wildman–Crippen MR) is 108 cm³/mol. The van der Waals surface area contributed by atoms with E-state index < -0.39 is 10.0 Å². The molecule has 26 heavy (non-hydrogen) atoms. The topological polar surface area (TPSA) is 87.3 Å². The number of carbonyl (C=O) groups excluding carboxylic acids is 1.